The lowest BCUT2D eigenvalue weighted by atomic mass is 9.75. The molecule has 5 nitrogen and oxygen atoms in total. The number of halogens is 2. The van der Waals surface area contributed by atoms with E-state index in [2.05, 4.69) is 4.98 Å². The van der Waals surface area contributed by atoms with Gasteiger partial charge < -0.3 is 15.6 Å². The molecule has 1 unspecified atom stereocenters. The monoisotopic (exact) mass is 344 g/mol. The molecule has 1 aromatic heterocycles. The molecule has 2 aromatic rings. The van der Waals surface area contributed by atoms with E-state index in [9.17, 15) is 18.8 Å². The van der Waals surface area contributed by atoms with Crippen molar-refractivity contribution in [3.8, 4) is 6.07 Å². The van der Waals surface area contributed by atoms with Gasteiger partial charge in [0.2, 0.25) is 5.91 Å². The van der Waals surface area contributed by atoms with Gasteiger partial charge in [0.1, 0.15) is 6.04 Å². The number of hydrogen-bond donors (Lipinski definition) is 2. The van der Waals surface area contributed by atoms with Gasteiger partial charge in [-0.1, -0.05) is 18.2 Å². The van der Waals surface area contributed by atoms with Crippen molar-refractivity contribution < 1.29 is 13.6 Å². The number of nitrogens with zero attached hydrogens (tertiary/aromatic N) is 2. The molecule has 0 radical (unpaired) electrons. The van der Waals surface area contributed by atoms with Crippen LogP contribution in [0, 0.1) is 17.2 Å². The van der Waals surface area contributed by atoms with E-state index in [1.54, 1.807) is 0 Å². The highest BCUT2D eigenvalue weighted by Crippen LogP contribution is 2.53. The topological polar surface area (TPSA) is 85.9 Å². The van der Waals surface area contributed by atoms with Gasteiger partial charge >= 0.3 is 0 Å². The van der Waals surface area contributed by atoms with Crippen LogP contribution in [0.25, 0.3) is 10.9 Å². The number of hydrogen-bond acceptors (Lipinski definition) is 3. The largest absolute Gasteiger partial charge is 0.361 e. The van der Waals surface area contributed by atoms with E-state index >= 15 is 0 Å². The zero-order valence-corrected chi connectivity index (χ0v) is 13.5. The van der Waals surface area contributed by atoms with Crippen LogP contribution in [-0.2, 0) is 11.2 Å². The zero-order chi connectivity index (χ0) is 17.8. The lowest BCUT2D eigenvalue weighted by Gasteiger charge is -2.43. The Morgan fingerprint density at radius 1 is 1.48 bits per heavy atom. The first-order valence-electron chi connectivity index (χ1n) is 8.32. The molecule has 3 N–H and O–H groups in total. The molecular formula is C18H18F2N4O. The highest BCUT2D eigenvalue weighted by atomic mass is 19.3. The maximum absolute atomic E-state index is 13.6. The van der Waals surface area contributed by atoms with Crippen LogP contribution in [0.5, 0.6) is 0 Å². The SMILES string of the molecule is N#CC1C[C@H]2[C@H](CC2(F)F)N1C(=O)[C@@H](N)Cc1c[nH]c2ccccc12. The van der Waals surface area contributed by atoms with E-state index in [-0.39, 0.29) is 12.8 Å². The van der Waals surface area contributed by atoms with Crippen LogP contribution in [0.1, 0.15) is 18.4 Å². The van der Waals surface area contributed by atoms with Crippen LogP contribution >= 0.6 is 0 Å². The highest BCUT2D eigenvalue weighted by molar-refractivity contribution is 5.86. The van der Waals surface area contributed by atoms with Crippen molar-refractivity contribution >= 4 is 16.8 Å². The Balaban J connectivity index is 1.53. The third kappa shape index (κ3) is 2.40. The summed E-state index contributed by atoms with van der Waals surface area (Å²) < 4.78 is 27.3. The van der Waals surface area contributed by atoms with Gasteiger partial charge in [-0.15, -0.1) is 0 Å². The molecule has 130 valence electrons. The van der Waals surface area contributed by atoms with Crippen molar-refractivity contribution in [2.24, 2.45) is 11.7 Å². The summed E-state index contributed by atoms with van der Waals surface area (Å²) in [7, 11) is 0. The Morgan fingerprint density at radius 2 is 2.24 bits per heavy atom. The molecule has 1 saturated carbocycles. The maximum atomic E-state index is 13.6. The van der Waals surface area contributed by atoms with E-state index < -0.39 is 35.9 Å². The van der Waals surface area contributed by atoms with Crippen LogP contribution in [0.3, 0.4) is 0 Å². The number of nitrogens with two attached hydrogens (primary N) is 1. The van der Waals surface area contributed by atoms with Gasteiger partial charge in [0.05, 0.1) is 12.1 Å². The summed E-state index contributed by atoms with van der Waals surface area (Å²) in [5, 5.41) is 10.2. The van der Waals surface area contributed by atoms with E-state index in [1.165, 1.54) is 4.90 Å². The molecule has 4 rings (SSSR count). The van der Waals surface area contributed by atoms with Crippen LogP contribution in [0.2, 0.25) is 0 Å². The van der Waals surface area contributed by atoms with Gasteiger partial charge in [0, 0.05) is 35.5 Å². The van der Waals surface area contributed by atoms with E-state index in [0.29, 0.717) is 6.42 Å². The van der Waals surface area contributed by atoms with Crippen LogP contribution in [0.4, 0.5) is 8.78 Å². The molecule has 4 atom stereocenters. The zero-order valence-electron chi connectivity index (χ0n) is 13.5. The number of H-pyrrole nitrogens is 1. The van der Waals surface area contributed by atoms with E-state index in [0.717, 1.165) is 16.5 Å². The summed E-state index contributed by atoms with van der Waals surface area (Å²) in [5.74, 6) is -4.11. The Bertz CT molecular complexity index is 871. The Kier molecular flexibility index (Phi) is 3.55. The van der Waals surface area contributed by atoms with E-state index in [4.69, 9.17) is 5.73 Å². The van der Waals surface area contributed by atoms with Gasteiger partial charge in [-0.05, 0) is 24.5 Å². The number of aromatic nitrogens is 1. The number of rotatable bonds is 3. The molecule has 1 saturated heterocycles. The highest BCUT2D eigenvalue weighted by Gasteiger charge is 2.64. The molecule has 0 spiro atoms. The predicted octanol–water partition coefficient (Wildman–Crippen LogP) is 2.19. The minimum atomic E-state index is -2.78. The van der Waals surface area contributed by atoms with Crippen molar-refractivity contribution in [2.45, 2.75) is 43.3 Å². The number of amides is 1. The molecule has 25 heavy (non-hydrogen) atoms. The number of carbonyl (C=O) groups is 1. The molecule has 1 aromatic carbocycles. The average Bonchev–Trinajstić information content (AvgIpc) is 3.13. The fraction of sp³-hybridized carbons (Fsp3) is 0.444. The number of nitrogens with one attached hydrogen (secondary N) is 1. The van der Waals surface area contributed by atoms with Gasteiger partial charge in [-0.3, -0.25) is 4.79 Å². The van der Waals surface area contributed by atoms with Crippen molar-refractivity contribution in [3.63, 3.8) is 0 Å². The molecule has 2 heterocycles. The molecule has 1 aliphatic carbocycles. The minimum Gasteiger partial charge on any atom is -0.361 e. The second-order valence-corrected chi connectivity index (χ2v) is 6.94. The smallest absolute Gasteiger partial charge is 0.254 e. The van der Waals surface area contributed by atoms with Crippen molar-refractivity contribution in [1.29, 1.82) is 5.26 Å². The number of para-hydroxylation sites is 1. The van der Waals surface area contributed by atoms with Crippen LogP contribution < -0.4 is 5.73 Å². The van der Waals surface area contributed by atoms with Gasteiger partial charge in [0.25, 0.3) is 5.92 Å². The number of fused-ring (bicyclic) bond motifs is 2. The van der Waals surface area contributed by atoms with Gasteiger partial charge in [0.15, 0.2) is 0 Å². The second kappa shape index (κ2) is 5.53. The third-order valence-corrected chi connectivity index (χ3v) is 5.49. The molecular weight excluding hydrogens is 326 g/mol. The van der Waals surface area contributed by atoms with Crippen molar-refractivity contribution in [1.82, 2.24) is 9.88 Å². The number of benzene rings is 1. The first-order valence-corrected chi connectivity index (χ1v) is 8.32. The standard InChI is InChI=1S/C18H18F2N4O/c19-18(20)7-16-13(18)6-11(8-21)24(16)17(25)14(22)5-10-9-23-15-4-2-1-3-12(10)15/h1-4,9,11,13-14,16,23H,5-7,22H2/t11?,13-,14-,16-/m0/s1. The fourth-order valence-corrected chi connectivity index (χ4v) is 4.15. The van der Waals surface area contributed by atoms with E-state index in [1.807, 2.05) is 36.5 Å². The number of alkyl halides is 2. The quantitative estimate of drug-likeness (QED) is 0.895. The molecule has 1 amide bonds. The third-order valence-electron chi connectivity index (χ3n) is 5.49. The van der Waals surface area contributed by atoms with Crippen molar-refractivity contribution in [2.75, 3.05) is 0 Å². The lowest BCUT2D eigenvalue weighted by Crippen LogP contribution is -2.58. The molecule has 7 heteroatoms. The summed E-state index contributed by atoms with van der Waals surface area (Å²) in [6, 6.07) is 7.43. The lowest BCUT2D eigenvalue weighted by molar-refractivity contribution is -0.167. The molecule has 1 aliphatic heterocycles. The summed E-state index contributed by atoms with van der Waals surface area (Å²) in [5.41, 5.74) is 7.95. The fourth-order valence-electron chi connectivity index (χ4n) is 4.15. The van der Waals surface area contributed by atoms with Crippen LogP contribution in [0.15, 0.2) is 30.5 Å². The first-order chi connectivity index (χ1) is 11.9. The summed E-state index contributed by atoms with van der Waals surface area (Å²) >= 11 is 0. The number of nitriles is 1. The Morgan fingerprint density at radius 3 is 2.96 bits per heavy atom. The van der Waals surface area contributed by atoms with Gasteiger partial charge in [-0.25, -0.2) is 8.78 Å². The summed E-state index contributed by atoms with van der Waals surface area (Å²) in [4.78, 5) is 17.2. The molecule has 2 fully saturated rings. The Hall–Kier alpha value is -2.46. The normalized spacial score (nSPS) is 28.2. The number of likely N-dealkylation sites (tertiary alicyclic amines) is 1. The minimum absolute atomic E-state index is 0.0275. The average molecular weight is 344 g/mol. The molecule has 0 bridgehead atoms. The predicted molar refractivity (Wildman–Crippen MR) is 87.7 cm³/mol. The summed E-state index contributed by atoms with van der Waals surface area (Å²) in [6.07, 6.45) is 1.76. The van der Waals surface area contributed by atoms with Gasteiger partial charge in [-0.2, -0.15) is 5.26 Å². The van der Waals surface area contributed by atoms with Crippen LogP contribution in [-0.4, -0.2) is 39.8 Å². The Labute approximate surface area is 143 Å². The summed E-state index contributed by atoms with van der Waals surface area (Å²) in [6.45, 7) is 0. The molecule has 2 aliphatic rings. The maximum Gasteiger partial charge on any atom is 0.254 e. The van der Waals surface area contributed by atoms with Crippen molar-refractivity contribution in [3.05, 3.63) is 36.0 Å². The number of carbonyl (C=O) groups excluding carboxylic acids is 1. The first kappa shape index (κ1) is 16.0. The second-order valence-electron chi connectivity index (χ2n) is 6.94. The number of aromatic amines is 1.